The normalized spacial score (nSPS) is 13.5. The summed E-state index contributed by atoms with van der Waals surface area (Å²) in [5.74, 6) is 0.367. The minimum absolute atomic E-state index is 0.215. The van der Waals surface area contributed by atoms with Crippen molar-refractivity contribution in [2.45, 2.75) is 32.4 Å². The van der Waals surface area contributed by atoms with Crippen LogP contribution in [0.2, 0.25) is 0 Å². The van der Waals surface area contributed by atoms with Crippen LogP contribution in [0.5, 0.6) is 0 Å². The van der Waals surface area contributed by atoms with Gasteiger partial charge in [-0.3, -0.25) is 19.3 Å². The number of nitrogens with zero attached hydrogens (tertiary/aromatic N) is 2. The van der Waals surface area contributed by atoms with E-state index < -0.39 is 0 Å². The van der Waals surface area contributed by atoms with Gasteiger partial charge >= 0.3 is 0 Å². The van der Waals surface area contributed by atoms with E-state index in [-0.39, 0.29) is 24.1 Å². The highest BCUT2D eigenvalue weighted by atomic mass is 32.1. The molecule has 0 bridgehead atoms. The number of carbonyl (C=O) groups is 2. The van der Waals surface area contributed by atoms with Crippen LogP contribution in [0, 0.1) is 11.7 Å². The molecule has 0 atom stereocenters. The summed E-state index contributed by atoms with van der Waals surface area (Å²) in [5.41, 5.74) is 0.785. The van der Waals surface area contributed by atoms with Gasteiger partial charge in [-0.25, -0.2) is 0 Å². The van der Waals surface area contributed by atoms with Crippen molar-refractivity contribution in [1.29, 1.82) is 0 Å². The molecule has 0 aliphatic heterocycles. The summed E-state index contributed by atoms with van der Waals surface area (Å²) in [6.45, 7) is 2.11. The molecule has 0 unspecified atom stereocenters. The number of amides is 2. The molecule has 1 aliphatic carbocycles. The predicted octanol–water partition coefficient (Wildman–Crippen LogP) is 3.42. The Morgan fingerprint density at radius 3 is 2.96 bits per heavy atom. The molecule has 0 spiro atoms. The van der Waals surface area contributed by atoms with E-state index in [9.17, 15) is 9.59 Å². The first-order chi connectivity index (χ1) is 13.0. The standard InChI is InChI=1S/C17H17N5O3S2/c1-9-7-13(19-15(23)11-3-2-6-25-11)27-14(9)16(24)18-8-12-20-21-17(26)22(12)10-4-5-10/h2-3,6-7,10H,4-5,8H2,1H3,(H,18,24)(H,19,23)(H,21,26). The van der Waals surface area contributed by atoms with Gasteiger partial charge in [0.15, 0.2) is 16.4 Å². The minimum atomic E-state index is -0.354. The number of anilines is 1. The number of H-pyrrole nitrogens is 1. The third-order valence-electron chi connectivity index (χ3n) is 4.20. The van der Waals surface area contributed by atoms with Crippen molar-refractivity contribution in [2.75, 3.05) is 5.32 Å². The van der Waals surface area contributed by atoms with Gasteiger partial charge in [0.05, 0.1) is 22.7 Å². The lowest BCUT2D eigenvalue weighted by atomic mass is 10.2. The van der Waals surface area contributed by atoms with Crippen LogP contribution in [-0.2, 0) is 6.54 Å². The fourth-order valence-electron chi connectivity index (χ4n) is 2.76. The zero-order chi connectivity index (χ0) is 19.0. The number of hydrogen-bond acceptors (Lipinski definition) is 6. The molecule has 140 valence electrons. The summed E-state index contributed by atoms with van der Waals surface area (Å²) in [6.07, 6.45) is 3.60. The Labute approximate surface area is 163 Å². The number of aromatic nitrogens is 3. The maximum atomic E-state index is 12.6. The molecule has 0 saturated heterocycles. The fraction of sp³-hybridized carbons (Fsp3) is 0.294. The number of aryl methyl sites for hydroxylation is 1. The highest BCUT2D eigenvalue weighted by molar-refractivity contribution is 7.71. The molecule has 1 aliphatic rings. The topological polar surface area (TPSA) is 105 Å². The SMILES string of the molecule is Cc1cc(NC(=O)c2ccco2)sc1C(=O)NCc1n[nH]c(=S)n1C1CC1. The Hall–Kier alpha value is -2.72. The smallest absolute Gasteiger partial charge is 0.291 e. The van der Waals surface area contributed by atoms with Crippen LogP contribution in [0.3, 0.4) is 0 Å². The molecule has 1 saturated carbocycles. The van der Waals surface area contributed by atoms with E-state index in [1.54, 1.807) is 18.2 Å². The maximum Gasteiger partial charge on any atom is 0.291 e. The predicted molar refractivity (Wildman–Crippen MR) is 103 cm³/mol. The first kappa shape index (κ1) is 17.7. The van der Waals surface area contributed by atoms with Gasteiger partial charge in [0.1, 0.15) is 0 Å². The Balaban J connectivity index is 1.42. The molecule has 2 amide bonds. The van der Waals surface area contributed by atoms with Crippen LogP contribution < -0.4 is 10.6 Å². The number of furan rings is 1. The second-order valence-corrected chi connectivity index (χ2v) is 7.72. The molecular formula is C17H17N5O3S2. The average molecular weight is 403 g/mol. The third kappa shape index (κ3) is 3.71. The van der Waals surface area contributed by atoms with Crippen LogP contribution in [0.25, 0.3) is 0 Å². The van der Waals surface area contributed by atoms with Gasteiger partial charge in [0, 0.05) is 6.04 Å². The third-order valence-corrected chi connectivity index (χ3v) is 5.64. The lowest BCUT2D eigenvalue weighted by Gasteiger charge is -2.06. The quantitative estimate of drug-likeness (QED) is 0.547. The summed E-state index contributed by atoms with van der Waals surface area (Å²) in [5, 5.41) is 13.2. The number of hydrogen-bond donors (Lipinski definition) is 3. The van der Waals surface area contributed by atoms with Gasteiger partial charge in [0.25, 0.3) is 11.8 Å². The molecule has 1 fully saturated rings. The maximum absolute atomic E-state index is 12.6. The Kier molecular flexibility index (Phi) is 4.66. The fourth-order valence-corrected chi connectivity index (χ4v) is 4.05. The van der Waals surface area contributed by atoms with Gasteiger partial charge in [-0.1, -0.05) is 0 Å². The number of carbonyl (C=O) groups excluding carboxylic acids is 2. The second kappa shape index (κ2) is 7.12. The van der Waals surface area contributed by atoms with Crippen molar-refractivity contribution >= 4 is 40.4 Å². The van der Waals surface area contributed by atoms with E-state index in [4.69, 9.17) is 16.6 Å². The molecule has 10 heteroatoms. The zero-order valence-electron chi connectivity index (χ0n) is 14.4. The molecule has 3 aromatic heterocycles. The van der Waals surface area contributed by atoms with Crippen molar-refractivity contribution in [3.63, 3.8) is 0 Å². The summed E-state index contributed by atoms with van der Waals surface area (Å²) >= 11 is 6.46. The number of aromatic amines is 1. The van der Waals surface area contributed by atoms with E-state index in [2.05, 4.69) is 20.8 Å². The van der Waals surface area contributed by atoms with Gasteiger partial charge in [-0.15, -0.1) is 11.3 Å². The van der Waals surface area contributed by atoms with Crippen molar-refractivity contribution in [3.05, 3.63) is 51.3 Å². The van der Waals surface area contributed by atoms with E-state index in [1.165, 1.54) is 17.6 Å². The Morgan fingerprint density at radius 1 is 1.44 bits per heavy atom. The minimum Gasteiger partial charge on any atom is -0.459 e. The van der Waals surface area contributed by atoms with E-state index in [1.807, 2.05) is 11.5 Å². The summed E-state index contributed by atoms with van der Waals surface area (Å²) < 4.78 is 7.61. The van der Waals surface area contributed by atoms with Crippen molar-refractivity contribution < 1.29 is 14.0 Å². The second-order valence-electron chi connectivity index (χ2n) is 6.28. The molecule has 27 heavy (non-hydrogen) atoms. The van der Waals surface area contributed by atoms with Crippen molar-refractivity contribution in [3.8, 4) is 0 Å². The van der Waals surface area contributed by atoms with Gasteiger partial charge in [-0.05, 0) is 55.7 Å². The van der Waals surface area contributed by atoms with Crippen molar-refractivity contribution in [1.82, 2.24) is 20.1 Å². The lowest BCUT2D eigenvalue weighted by molar-refractivity contribution is 0.0951. The van der Waals surface area contributed by atoms with Crippen molar-refractivity contribution in [2.24, 2.45) is 0 Å². The molecule has 3 aromatic rings. The summed E-state index contributed by atoms with van der Waals surface area (Å²) in [6, 6.07) is 5.37. The summed E-state index contributed by atoms with van der Waals surface area (Å²) in [4.78, 5) is 25.2. The molecule has 8 nitrogen and oxygen atoms in total. The highest BCUT2D eigenvalue weighted by Crippen LogP contribution is 2.35. The molecule has 0 aromatic carbocycles. The van der Waals surface area contributed by atoms with Crippen LogP contribution in [0.4, 0.5) is 5.00 Å². The highest BCUT2D eigenvalue weighted by Gasteiger charge is 2.27. The van der Waals surface area contributed by atoms with Crippen LogP contribution in [0.1, 0.15) is 50.5 Å². The first-order valence-electron chi connectivity index (χ1n) is 8.42. The Morgan fingerprint density at radius 2 is 2.26 bits per heavy atom. The van der Waals surface area contributed by atoms with E-state index in [0.717, 1.165) is 24.2 Å². The lowest BCUT2D eigenvalue weighted by Crippen LogP contribution is -2.24. The zero-order valence-corrected chi connectivity index (χ0v) is 16.1. The molecular weight excluding hydrogens is 386 g/mol. The molecule has 3 N–H and O–H groups in total. The van der Waals surface area contributed by atoms with Crippen LogP contribution in [-0.4, -0.2) is 26.6 Å². The van der Waals surface area contributed by atoms with Gasteiger partial charge in [-0.2, -0.15) is 5.10 Å². The largest absolute Gasteiger partial charge is 0.459 e. The van der Waals surface area contributed by atoms with Gasteiger partial charge in [0.2, 0.25) is 0 Å². The summed E-state index contributed by atoms with van der Waals surface area (Å²) in [7, 11) is 0. The number of thiophene rings is 1. The molecule has 3 heterocycles. The van der Waals surface area contributed by atoms with E-state index >= 15 is 0 Å². The Bertz CT molecular complexity index is 1040. The van der Waals surface area contributed by atoms with Crippen LogP contribution in [0.15, 0.2) is 28.9 Å². The number of rotatable bonds is 6. The molecule has 4 rings (SSSR count). The van der Waals surface area contributed by atoms with Crippen LogP contribution >= 0.6 is 23.6 Å². The van der Waals surface area contributed by atoms with Gasteiger partial charge < -0.3 is 15.1 Å². The monoisotopic (exact) mass is 403 g/mol. The number of nitrogens with one attached hydrogen (secondary N) is 3. The molecule has 0 radical (unpaired) electrons. The average Bonchev–Trinajstić information content (AvgIpc) is 3.05. The first-order valence-corrected chi connectivity index (χ1v) is 9.64. The van der Waals surface area contributed by atoms with E-state index in [0.29, 0.717) is 20.7 Å².